The van der Waals surface area contributed by atoms with Crippen LogP contribution in [0, 0.1) is 37.1 Å². The molecule has 0 bridgehead atoms. The summed E-state index contributed by atoms with van der Waals surface area (Å²) in [5, 5.41) is 5.27. The number of hydrogen-bond donors (Lipinski definition) is 0. The molecule has 4 radical (unpaired) electrons. The van der Waals surface area contributed by atoms with Crippen molar-refractivity contribution in [3.63, 3.8) is 0 Å². The maximum Gasteiger partial charge on any atom is 0.0799 e. The van der Waals surface area contributed by atoms with E-state index in [0.29, 0.717) is 45.7 Å². The molecule has 0 saturated carbocycles. The smallest absolute Gasteiger partial charge is 0.0799 e. The van der Waals surface area contributed by atoms with E-state index in [2.05, 4.69) is 184 Å². The summed E-state index contributed by atoms with van der Waals surface area (Å²) in [4.78, 5) is 18.7. The summed E-state index contributed by atoms with van der Waals surface area (Å²) < 4.78 is 92.6. The Morgan fingerprint density at radius 1 is 0.443 bits per heavy atom. The minimum Gasteiger partial charge on any atom is -0.305 e. The second-order valence-electron chi connectivity index (χ2n) is 24.1. The topological polar surface area (TPSA) is 51.6 Å². The molecule has 8 aromatic rings. The first kappa shape index (κ1) is 55.2. The SMILES string of the molecule is [2H]c1[c-]c(-c2ccc([Si](C)(C)C)c(C(C)C)n2)cc([2H])c1[2H].[2H]c1[c-]c(-c2ccc([Si](C)(C)C)c(C)n2)cc([2H])c1[2H].[2H]c1[c-]c(-c2ncc([Si](C)(C)C)cc2C(C)C)cc([2H])c1[2H].[2H]c1[c-]c(-c2ncc([Si](C)(C)C)cc2CC(C)C)cc([2H])c1[2H].[Ir].[Ir].[Ir].[Ir]. The monoisotopic (exact) mass is 1840 g/mol. The van der Waals surface area contributed by atoms with E-state index in [4.69, 9.17) is 21.4 Å². The van der Waals surface area contributed by atoms with Crippen LogP contribution in [0.3, 0.4) is 0 Å². The molecule has 0 amide bonds. The number of nitrogens with zero attached hydrogens (tertiary/aromatic N) is 4. The van der Waals surface area contributed by atoms with Gasteiger partial charge in [-0.25, -0.2) is 0 Å². The molecule has 12 heteroatoms. The van der Waals surface area contributed by atoms with Gasteiger partial charge in [-0.3, -0.25) is 0 Å². The molecular weight excluding hydrogens is 1740 g/mol. The van der Waals surface area contributed by atoms with E-state index in [0.717, 1.165) is 46.0 Å². The molecule has 0 N–H and O–H groups in total. The van der Waals surface area contributed by atoms with Crippen molar-refractivity contribution < 1.29 is 96.9 Å². The number of pyridine rings is 4. The van der Waals surface area contributed by atoms with Crippen molar-refractivity contribution in [1.82, 2.24) is 19.9 Å². The van der Waals surface area contributed by atoms with Crippen molar-refractivity contribution in [1.29, 1.82) is 0 Å². The molecule has 0 saturated heterocycles. The van der Waals surface area contributed by atoms with Crippen LogP contribution in [0.4, 0.5) is 0 Å². The van der Waals surface area contributed by atoms with Gasteiger partial charge in [0.15, 0.2) is 0 Å². The van der Waals surface area contributed by atoms with Gasteiger partial charge < -0.3 is 19.9 Å². The first-order valence-electron chi connectivity index (χ1n) is 32.0. The van der Waals surface area contributed by atoms with Crippen molar-refractivity contribution in [2.24, 2.45) is 5.92 Å². The number of aromatic nitrogens is 4. The summed E-state index contributed by atoms with van der Waals surface area (Å²) in [5.74, 6) is 1.11. The van der Waals surface area contributed by atoms with E-state index in [-0.39, 0.29) is 153 Å². The van der Waals surface area contributed by atoms with Crippen LogP contribution in [-0.4, -0.2) is 52.2 Å². The molecule has 4 nitrogen and oxygen atoms in total. The summed E-state index contributed by atoms with van der Waals surface area (Å²) in [6, 6.07) is 30.0. The molecule has 0 aliphatic carbocycles. The molecule has 0 atom stereocenters. The Morgan fingerprint density at radius 2 is 0.835 bits per heavy atom. The van der Waals surface area contributed by atoms with Gasteiger partial charge in [0.2, 0.25) is 0 Å². The zero-order valence-corrected chi connectivity index (χ0v) is 63.1. The van der Waals surface area contributed by atoms with Crippen molar-refractivity contribution in [3.8, 4) is 45.0 Å². The maximum atomic E-state index is 7.86. The second kappa shape index (κ2) is 33.3. The molecule has 0 aliphatic rings. The van der Waals surface area contributed by atoms with E-state index in [1.54, 1.807) is 24.3 Å². The van der Waals surface area contributed by atoms with Crippen LogP contribution < -0.4 is 20.7 Å². The maximum absolute atomic E-state index is 7.86. The molecule has 4 aromatic heterocycles. The summed E-state index contributed by atoms with van der Waals surface area (Å²) in [6.45, 7) is 42.4. The van der Waals surface area contributed by atoms with Crippen LogP contribution >= 0.6 is 0 Å². The third-order valence-corrected chi connectivity index (χ3v) is 20.5. The molecule has 8 rings (SSSR count). The molecular formula is C67H86Ir4N4Si4-4. The van der Waals surface area contributed by atoms with Gasteiger partial charge in [-0.1, -0.05) is 168 Å². The van der Waals surface area contributed by atoms with Gasteiger partial charge in [-0.2, -0.15) is 0 Å². The first-order valence-corrected chi connectivity index (χ1v) is 40.0. The quantitative estimate of drug-likeness (QED) is 0.0904. The van der Waals surface area contributed by atoms with Gasteiger partial charge in [0.25, 0.3) is 0 Å². The Labute approximate surface area is 553 Å². The summed E-state index contributed by atoms with van der Waals surface area (Å²) in [5.41, 5.74) is 9.89. The average Bonchev–Trinajstić information content (AvgIpc) is 0.973. The Morgan fingerprint density at radius 3 is 1.23 bits per heavy atom. The fourth-order valence-corrected chi connectivity index (χ4v) is 13.7. The minimum absolute atomic E-state index is 0. The zero-order valence-electron chi connectivity index (χ0n) is 61.5. The zero-order chi connectivity index (χ0) is 65.7. The first-order chi connectivity index (χ1) is 40.0. The van der Waals surface area contributed by atoms with E-state index in [1.165, 1.54) is 20.7 Å². The van der Waals surface area contributed by atoms with Crippen molar-refractivity contribution >= 4 is 53.0 Å². The number of hydrogen-bond acceptors (Lipinski definition) is 4. The van der Waals surface area contributed by atoms with Crippen LogP contribution in [0.25, 0.3) is 45.0 Å². The third kappa shape index (κ3) is 22.6. The fourth-order valence-electron chi connectivity index (χ4n) is 8.17. The predicted octanol–water partition coefficient (Wildman–Crippen LogP) is 16.1. The minimum atomic E-state index is -1.47. The Bertz CT molecular complexity index is 3700. The normalized spacial score (nSPS) is 13.3. The van der Waals surface area contributed by atoms with E-state index in [1.807, 2.05) is 31.5 Å². The molecule has 4 aromatic carbocycles. The van der Waals surface area contributed by atoms with Crippen LogP contribution in [-0.2, 0) is 86.8 Å². The van der Waals surface area contributed by atoms with Crippen LogP contribution in [0.2, 0.25) is 78.6 Å². The van der Waals surface area contributed by atoms with E-state index < -0.39 is 32.3 Å². The molecule has 79 heavy (non-hydrogen) atoms. The standard InChI is InChI=1S/C18H24NSi.2C17H22NSi.C15H18NSi.4Ir/c1-14(2)11-16-12-17(20(3,4)5)13-19-18(16)15-9-7-6-8-10-15;1-13(2)16-11-15(19(3,4)5)12-18-17(16)14-9-7-6-8-10-14;1-13(2)17-16(19(3,4)5)12-11-15(18-17)14-9-7-6-8-10-14;1-12-15(17(2,3)4)11-10-14(16-12)13-8-6-5-7-9-13;;;;/h6-9,12-14H,11H2,1-5H3;2*6-9,11-13H,1-5H3;5-8,10-11H,1-4H3;;;;/q4*-1;;;;/i3*6D,7D,8D;5D,6D,7D;;;;. The molecule has 0 spiro atoms. The van der Waals surface area contributed by atoms with E-state index >= 15 is 0 Å². The molecule has 4 heterocycles. The Hall–Kier alpha value is -3.06. The van der Waals surface area contributed by atoms with Crippen LogP contribution in [0.5, 0.6) is 0 Å². The van der Waals surface area contributed by atoms with Gasteiger partial charge in [0.05, 0.1) is 32.3 Å². The number of aryl methyl sites for hydroxylation is 1. The number of benzene rings is 4. The van der Waals surface area contributed by atoms with E-state index in [9.17, 15) is 0 Å². The predicted molar refractivity (Wildman–Crippen MR) is 337 cm³/mol. The van der Waals surface area contributed by atoms with Gasteiger partial charge in [-0.15, -0.1) is 143 Å². The van der Waals surface area contributed by atoms with Gasteiger partial charge in [-0.05, 0) is 80.1 Å². The third-order valence-electron chi connectivity index (χ3n) is 12.3. The van der Waals surface area contributed by atoms with Crippen LogP contribution in [0.1, 0.15) is 92.3 Å². The largest absolute Gasteiger partial charge is 0.305 e. The van der Waals surface area contributed by atoms with Gasteiger partial charge >= 0.3 is 0 Å². The van der Waals surface area contributed by atoms with Crippen molar-refractivity contribution in [3.05, 3.63) is 192 Å². The average molecular weight is 1840 g/mol. The van der Waals surface area contributed by atoms with Gasteiger partial charge in [0.1, 0.15) is 0 Å². The summed E-state index contributed by atoms with van der Waals surface area (Å²) in [6.07, 6.45) is 4.75. The molecule has 0 aliphatic heterocycles. The van der Waals surface area contributed by atoms with Crippen molar-refractivity contribution in [2.75, 3.05) is 0 Å². The van der Waals surface area contributed by atoms with Crippen LogP contribution in [0.15, 0.2) is 146 Å². The molecule has 0 unspecified atom stereocenters. The summed E-state index contributed by atoms with van der Waals surface area (Å²) >= 11 is 0. The fraction of sp³-hybridized carbons (Fsp3) is 0.343. The molecule has 430 valence electrons. The molecule has 0 fully saturated rings. The summed E-state index contributed by atoms with van der Waals surface area (Å²) in [7, 11) is -5.77. The Kier molecular flexibility index (Phi) is 23.2. The number of rotatable bonds is 12. The Balaban J connectivity index is 0.000000598. The second-order valence-corrected chi connectivity index (χ2v) is 44.3. The van der Waals surface area contributed by atoms with Crippen molar-refractivity contribution in [2.45, 2.75) is 145 Å². The van der Waals surface area contributed by atoms with Gasteiger partial charge in [0, 0.05) is 115 Å².